The van der Waals surface area contributed by atoms with Gasteiger partial charge in [-0.2, -0.15) is 0 Å². The van der Waals surface area contributed by atoms with Crippen molar-refractivity contribution in [1.82, 2.24) is 4.98 Å². The van der Waals surface area contributed by atoms with Crippen molar-refractivity contribution in [2.45, 2.75) is 6.92 Å². The summed E-state index contributed by atoms with van der Waals surface area (Å²) in [4.78, 5) is 27.1. The standard InChI is InChI=1S/C12H10FN3O2S/c1-7-6-19-12(14-7)16-11(18)10(17)15-9-4-2-3-8(13)5-9/h2-6H,1H3,(H,15,17)(H,14,16,18). The second kappa shape index (κ2) is 5.57. The third kappa shape index (κ3) is 3.59. The maximum atomic E-state index is 12.9. The first-order valence-corrected chi connectivity index (χ1v) is 6.22. The van der Waals surface area contributed by atoms with Crippen LogP contribution in [0.15, 0.2) is 29.6 Å². The summed E-state index contributed by atoms with van der Waals surface area (Å²) in [6, 6.07) is 5.29. The number of carbonyl (C=O) groups is 2. The van der Waals surface area contributed by atoms with E-state index in [0.29, 0.717) is 5.13 Å². The lowest BCUT2D eigenvalue weighted by molar-refractivity contribution is -0.133. The van der Waals surface area contributed by atoms with Crippen LogP contribution in [-0.4, -0.2) is 16.8 Å². The number of benzene rings is 1. The van der Waals surface area contributed by atoms with E-state index in [1.54, 1.807) is 12.3 Å². The number of anilines is 2. The number of carbonyl (C=O) groups excluding carboxylic acids is 2. The molecule has 5 nitrogen and oxygen atoms in total. The monoisotopic (exact) mass is 279 g/mol. The van der Waals surface area contributed by atoms with Crippen LogP contribution in [0.25, 0.3) is 0 Å². The molecule has 2 amide bonds. The number of aryl methyl sites for hydroxylation is 1. The lowest BCUT2D eigenvalue weighted by atomic mass is 10.3. The molecule has 0 bridgehead atoms. The molecular formula is C12H10FN3O2S. The second-order valence-electron chi connectivity index (χ2n) is 3.71. The van der Waals surface area contributed by atoms with Crippen molar-refractivity contribution in [1.29, 1.82) is 0 Å². The Bertz CT molecular complexity index is 627. The van der Waals surface area contributed by atoms with Gasteiger partial charge < -0.3 is 5.32 Å². The molecule has 1 aromatic heterocycles. The molecule has 0 atom stereocenters. The Hall–Kier alpha value is -2.28. The average molecular weight is 279 g/mol. The van der Waals surface area contributed by atoms with Crippen LogP contribution >= 0.6 is 11.3 Å². The third-order valence-corrected chi connectivity index (χ3v) is 3.00. The molecule has 0 radical (unpaired) electrons. The number of rotatable bonds is 2. The zero-order valence-electron chi connectivity index (χ0n) is 9.94. The minimum atomic E-state index is -0.876. The summed E-state index contributed by atoms with van der Waals surface area (Å²) in [7, 11) is 0. The van der Waals surface area contributed by atoms with E-state index in [1.807, 2.05) is 0 Å². The first kappa shape index (κ1) is 13.2. The Morgan fingerprint density at radius 1 is 1.26 bits per heavy atom. The highest BCUT2D eigenvalue weighted by Gasteiger charge is 2.15. The number of nitrogens with one attached hydrogen (secondary N) is 2. The average Bonchev–Trinajstić information content (AvgIpc) is 2.74. The van der Waals surface area contributed by atoms with Gasteiger partial charge >= 0.3 is 11.8 Å². The van der Waals surface area contributed by atoms with E-state index in [2.05, 4.69) is 15.6 Å². The highest BCUT2D eigenvalue weighted by molar-refractivity contribution is 7.14. The number of nitrogens with zero attached hydrogens (tertiary/aromatic N) is 1. The Kier molecular flexibility index (Phi) is 3.86. The molecule has 0 fully saturated rings. The summed E-state index contributed by atoms with van der Waals surface area (Å²) in [5.41, 5.74) is 0.973. The summed E-state index contributed by atoms with van der Waals surface area (Å²) >= 11 is 1.22. The van der Waals surface area contributed by atoms with Gasteiger partial charge in [-0.25, -0.2) is 9.37 Å². The van der Waals surface area contributed by atoms with Crippen LogP contribution in [0.4, 0.5) is 15.2 Å². The predicted octanol–water partition coefficient (Wildman–Crippen LogP) is 2.17. The number of amides is 2. The van der Waals surface area contributed by atoms with Crippen molar-refractivity contribution in [3.63, 3.8) is 0 Å². The second-order valence-corrected chi connectivity index (χ2v) is 4.57. The molecule has 0 aliphatic carbocycles. The lowest BCUT2D eigenvalue weighted by Gasteiger charge is -2.04. The molecule has 98 valence electrons. The minimum Gasteiger partial charge on any atom is -0.318 e. The zero-order valence-corrected chi connectivity index (χ0v) is 10.8. The number of hydrogen-bond acceptors (Lipinski definition) is 4. The van der Waals surface area contributed by atoms with Gasteiger partial charge in [-0.1, -0.05) is 6.07 Å². The van der Waals surface area contributed by atoms with Gasteiger partial charge in [0.15, 0.2) is 5.13 Å². The highest BCUT2D eigenvalue weighted by atomic mass is 32.1. The van der Waals surface area contributed by atoms with Gasteiger partial charge in [-0.15, -0.1) is 11.3 Å². The predicted molar refractivity (Wildman–Crippen MR) is 70.5 cm³/mol. The molecule has 0 unspecified atom stereocenters. The Morgan fingerprint density at radius 3 is 2.63 bits per heavy atom. The SMILES string of the molecule is Cc1csc(NC(=O)C(=O)Nc2cccc(F)c2)n1. The van der Waals surface area contributed by atoms with Crippen molar-refractivity contribution in [2.75, 3.05) is 10.6 Å². The van der Waals surface area contributed by atoms with Gasteiger partial charge in [-0.3, -0.25) is 14.9 Å². The lowest BCUT2D eigenvalue weighted by Crippen LogP contribution is -2.29. The molecule has 7 heteroatoms. The molecule has 2 rings (SSSR count). The summed E-state index contributed by atoms with van der Waals surface area (Å²) in [6.45, 7) is 1.78. The number of thiazole rings is 1. The fourth-order valence-corrected chi connectivity index (χ4v) is 2.00. The normalized spacial score (nSPS) is 10.0. The maximum absolute atomic E-state index is 12.9. The van der Waals surface area contributed by atoms with Gasteiger partial charge in [0.25, 0.3) is 0 Å². The first-order chi connectivity index (χ1) is 9.04. The van der Waals surface area contributed by atoms with Gasteiger partial charge in [0.2, 0.25) is 0 Å². The molecule has 0 saturated heterocycles. The smallest absolute Gasteiger partial charge is 0.315 e. The van der Waals surface area contributed by atoms with Crippen molar-refractivity contribution in [2.24, 2.45) is 0 Å². The van der Waals surface area contributed by atoms with Crippen LogP contribution in [0.3, 0.4) is 0 Å². The van der Waals surface area contributed by atoms with Crippen LogP contribution in [0.1, 0.15) is 5.69 Å². The van der Waals surface area contributed by atoms with Crippen molar-refractivity contribution >= 4 is 34.0 Å². The van der Waals surface area contributed by atoms with Crippen molar-refractivity contribution < 1.29 is 14.0 Å². The van der Waals surface area contributed by atoms with Gasteiger partial charge in [-0.05, 0) is 25.1 Å². The van der Waals surface area contributed by atoms with E-state index in [0.717, 1.165) is 11.8 Å². The zero-order chi connectivity index (χ0) is 13.8. The molecule has 2 N–H and O–H groups in total. The molecule has 2 aromatic rings. The molecule has 1 aromatic carbocycles. The quantitative estimate of drug-likeness (QED) is 0.828. The fourth-order valence-electron chi connectivity index (χ4n) is 1.32. The summed E-state index contributed by atoms with van der Waals surface area (Å²) in [5.74, 6) is -2.22. The summed E-state index contributed by atoms with van der Waals surface area (Å²) < 4.78 is 12.9. The number of hydrogen-bond donors (Lipinski definition) is 2. The Morgan fingerprint density at radius 2 is 2.00 bits per heavy atom. The molecule has 0 aliphatic heterocycles. The molecule has 1 heterocycles. The van der Waals surface area contributed by atoms with Gasteiger partial charge in [0.05, 0.1) is 5.69 Å². The number of aromatic nitrogens is 1. The molecule has 0 aliphatic rings. The van der Waals surface area contributed by atoms with E-state index >= 15 is 0 Å². The van der Waals surface area contributed by atoms with Crippen LogP contribution in [0.5, 0.6) is 0 Å². The third-order valence-electron chi connectivity index (χ3n) is 2.13. The first-order valence-electron chi connectivity index (χ1n) is 5.34. The summed E-state index contributed by atoms with van der Waals surface area (Å²) in [5, 5.41) is 6.75. The topological polar surface area (TPSA) is 71.1 Å². The fraction of sp³-hybridized carbons (Fsp3) is 0.0833. The van der Waals surface area contributed by atoms with E-state index in [-0.39, 0.29) is 5.69 Å². The van der Waals surface area contributed by atoms with Crippen molar-refractivity contribution in [3.05, 3.63) is 41.2 Å². The largest absolute Gasteiger partial charge is 0.318 e. The molecular weight excluding hydrogens is 269 g/mol. The number of halogens is 1. The minimum absolute atomic E-state index is 0.218. The van der Waals surface area contributed by atoms with E-state index in [1.165, 1.54) is 29.5 Å². The van der Waals surface area contributed by atoms with Crippen LogP contribution in [0, 0.1) is 12.7 Å². The molecule has 19 heavy (non-hydrogen) atoms. The maximum Gasteiger partial charge on any atom is 0.315 e. The summed E-state index contributed by atoms with van der Waals surface area (Å²) in [6.07, 6.45) is 0. The molecule has 0 spiro atoms. The molecule has 0 saturated carbocycles. The Balaban J connectivity index is 1.98. The van der Waals surface area contributed by atoms with Crippen molar-refractivity contribution in [3.8, 4) is 0 Å². The highest BCUT2D eigenvalue weighted by Crippen LogP contribution is 2.14. The van der Waals surface area contributed by atoms with Gasteiger partial charge in [0.1, 0.15) is 5.82 Å². The van der Waals surface area contributed by atoms with Crippen LogP contribution in [0.2, 0.25) is 0 Å². The van der Waals surface area contributed by atoms with E-state index in [9.17, 15) is 14.0 Å². The van der Waals surface area contributed by atoms with E-state index in [4.69, 9.17) is 0 Å². The Labute approximate surface area is 112 Å². The van der Waals surface area contributed by atoms with E-state index < -0.39 is 17.6 Å². The van der Waals surface area contributed by atoms with Crippen LogP contribution < -0.4 is 10.6 Å². The van der Waals surface area contributed by atoms with Gasteiger partial charge in [0, 0.05) is 11.1 Å². The van der Waals surface area contributed by atoms with Crippen LogP contribution in [-0.2, 0) is 9.59 Å².